The number of hydrogen-bond acceptors (Lipinski definition) is 1. The maximum atomic E-state index is 10.9. The average molecular weight is 282 g/mol. The zero-order chi connectivity index (χ0) is 15.7. The van der Waals surface area contributed by atoms with Crippen LogP contribution in [-0.2, 0) is 6.42 Å². The van der Waals surface area contributed by atoms with Crippen LogP contribution in [0.4, 0.5) is 0 Å². The van der Waals surface area contributed by atoms with Crippen LogP contribution in [0.5, 0.6) is 0 Å². The van der Waals surface area contributed by atoms with E-state index in [1.807, 2.05) is 30.3 Å². The molecule has 0 heterocycles. The van der Waals surface area contributed by atoms with Crippen LogP contribution in [0.3, 0.4) is 0 Å². The predicted molar refractivity (Wildman–Crippen MR) is 91.0 cm³/mol. The minimum atomic E-state index is 0.137. The lowest BCUT2D eigenvalue weighted by Crippen LogP contribution is -1.91. The van der Waals surface area contributed by atoms with Gasteiger partial charge in [0.2, 0.25) is 0 Å². The number of benzene rings is 2. The van der Waals surface area contributed by atoms with Crippen molar-refractivity contribution < 1.29 is 4.79 Å². The smallest absolute Gasteiger partial charge is 0.159 e. The summed E-state index contributed by atoms with van der Waals surface area (Å²) in [7, 11) is 0. The van der Waals surface area contributed by atoms with Gasteiger partial charge in [-0.2, -0.15) is 0 Å². The van der Waals surface area contributed by atoms with Crippen LogP contribution >= 0.6 is 0 Å². The number of rotatable bonds is 4. The molecule has 2 aromatic carbocycles. The molecule has 1 nitrogen and oxygen atoms in total. The molecule has 0 spiro atoms. The molecule has 1 heteroatoms. The number of ketones is 1. The van der Waals surface area contributed by atoms with Gasteiger partial charge in [0.1, 0.15) is 0 Å². The second-order valence-electron chi connectivity index (χ2n) is 5.57. The highest BCUT2D eigenvalue weighted by Gasteiger charge is 1.97. The van der Waals surface area contributed by atoms with Gasteiger partial charge in [0.05, 0.1) is 0 Å². The van der Waals surface area contributed by atoms with Crippen molar-refractivity contribution >= 4 is 5.78 Å². The van der Waals surface area contributed by atoms with Gasteiger partial charge in [0.25, 0.3) is 0 Å². The molecule has 0 aromatic heterocycles. The normalized spacial score (nSPS) is 9.95. The molecule has 112 valence electrons. The maximum Gasteiger partial charge on any atom is 0.159 e. The topological polar surface area (TPSA) is 17.1 Å². The summed E-state index contributed by atoms with van der Waals surface area (Å²) in [5.41, 5.74) is 3.52. The van der Waals surface area contributed by atoms with Crippen molar-refractivity contribution in [2.75, 3.05) is 0 Å². The third-order valence-electron chi connectivity index (χ3n) is 3.37. The molecule has 0 aliphatic heterocycles. The Hall–Kier alpha value is -1.89. The van der Waals surface area contributed by atoms with Gasteiger partial charge in [0.15, 0.2) is 5.78 Å². The summed E-state index contributed by atoms with van der Waals surface area (Å²) in [6.45, 7) is 8.15. The molecule has 0 N–H and O–H groups in total. The average Bonchev–Trinajstić information content (AvgIpc) is 2.50. The zero-order valence-corrected chi connectivity index (χ0v) is 13.6. The Kier molecular flexibility index (Phi) is 7.45. The van der Waals surface area contributed by atoms with Crippen LogP contribution in [0.15, 0.2) is 54.6 Å². The van der Waals surface area contributed by atoms with Crippen molar-refractivity contribution in [1.29, 1.82) is 0 Å². The summed E-state index contributed by atoms with van der Waals surface area (Å²) in [5, 5.41) is 0. The van der Waals surface area contributed by atoms with E-state index in [2.05, 4.69) is 45.0 Å². The first-order valence-corrected chi connectivity index (χ1v) is 7.69. The Balaban J connectivity index is 0.000000219. The number of hydrogen-bond donors (Lipinski definition) is 0. The molecule has 0 unspecified atom stereocenters. The highest BCUT2D eigenvalue weighted by atomic mass is 16.1. The first kappa shape index (κ1) is 17.2. The monoisotopic (exact) mass is 282 g/mol. The van der Waals surface area contributed by atoms with Crippen molar-refractivity contribution in [3.05, 3.63) is 71.3 Å². The van der Waals surface area contributed by atoms with E-state index in [-0.39, 0.29) is 5.78 Å². The summed E-state index contributed by atoms with van der Waals surface area (Å²) >= 11 is 0. The zero-order valence-electron chi connectivity index (χ0n) is 13.6. The molecular formula is C20H26O. The molecule has 21 heavy (non-hydrogen) atoms. The molecular weight excluding hydrogens is 256 g/mol. The molecule has 0 amide bonds. The van der Waals surface area contributed by atoms with E-state index < -0.39 is 0 Å². The summed E-state index contributed by atoms with van der Waals surface area (Å²) in [4.78, 5) is 10.9. The molecule has 0 fully saturated rings. The Labute approximate surface area is 129 Å². The van der Waals surface area contributed by atoms with E-state index in [9.17, 15) is 4.79 Å². The van der Waals surface area contributed by atoms with Crippen LogP contribution < -0.4 is 0 Å². The quantitative estimate of drug-likeness (QED) is 0.662. The molecule has 2 rings (SSSR count). The SMILES string of the molecule is CC(C)c1ccccc1.CCCc1ccc(C(C)=O)cc1. The Bertz CT molecular complexity index is 524. The van der Waals surface area contributed by atoms with Crippen LogP contribution in [0, 0.1) is 0 Å². The first-order valence-electron chi connectivity index (χ1n) is 7.69. The summed E-state index contributed by atoms with van der Waals surface area (Å²) in [6, 6.07) is 18.4. The standard InChI is InChI=1S/C11H14O.C9H12/c1-3-4-10-5-7-11(8-6-10)9(2)12;1-8(2)9-6-4-3-5-7-9/h5-8H,3-4H2,1-2H3;3-8H,1-2H3. The van der Waals surface area contributed by atoms with Crippen molar-refractivity contribution in [2.45, 2.75) is 46.5 Å². The van der Waals surface area contributed by atoms with Crippen LogP contribution in [-0.4, -0.2) is 5.78 Å². The van der Waals surface area contributed by atoms with Gasteiger partial charge in [-0.15, -0.1) is 0 Å². The predicted octanol–water partition coefficient (Wildman–Crippen LogP) is 5.65. The van der Waals surface area contributed by atoms with Crippen molar-refractivity contribution in [1.82, 2.24) is 0 Å². The molecule has 0 saturated heterocycles. The van der Waals surface area contributed by atoms with Gasteiger partial charge in [-0.05, 0) is 30.4 Å². The summed E-state index contributed by atoms with van der Waals surface area (Å²) < 4.78 is 0. The summed E-state index contributed by atoms with van der Waals surface area (Å²) in [5.74, 6) is 0.796. The number of Topliss-reactive ketones (excluding diaryl/α,β-unsaturated/α-hetero) is 1. The Morgan fingerprint density at radius 1 is 0.952 bits per heavy atom. The number of aryl methyl sites for hydroxylation is 1. The second-order valence-corrected chi connectivity index (χ2v) is 5.57. The van der Waals surface area contributed by atoms with Crippen molar-refractivity contribution in [3.8, 4) is 0 Å². The third kappa shape index (κ3) is 6.40. The van der Waals surface area contributed by atoms with Gasteiger partial charge < -0.3 is 0 Å². The van der Waals surface area contributed by atoms with Gasteiger partial charge in [0, 0.05) is 5.56 Å². The van der Waals surface area contributed by atoms with Gasteiger partial charge in [-0.25, -0.2) is 0 Å². The second kappa shape index (κ2) is 9.12. The highest BCUT2D eigenvalue weighted by Crippen LogP contribution is 2.11. The Morgan fingerprint density at radius 3 is 1.90 bits per heavy atom. The van der Waals surface area contributed by atoms with Gasteiger partial charge in [-0.1, -0.05) is 81.8 Å². The number of carbonyl (C=O) groups is 1. The number of carbonyl (C=O) groups excluding carboxylic acids is 1. The van der Waals surface area contributed by atoms with Crippen LogP contribution in [0.25, 0.3) is 0 Å². The lowest BCUT2D eigenvalue weighted by Gasteiger charge is -2.01. The Morgan fingerprint density at radius 2 is 1.52 bits per heavy atom. The van der Waals surface area contributed by atoms with Crippen molar-refractivity contribution in [2.24, 2.45) is 0 Å². The van der Waals surface area contributed by atoms with E-state index in [0.717, 1.165) is 18.4 Å². The third-order valence-corrected chi connectivity index (χ3v) is 3.37. The van der Waals surface area contributed by atoms with Crippen LogP contribution in [0.1, 0.15) is 61.5 Å². The fourth-order valence-corrected chi connectivity index (χ4v) is 2.03. The van der Waals surface area contributed by atoms with Crippen LogP contribution in [0.2, 0.25) is 0 Å². The highest BCUT2D eigenvalue weighted by molar-refractivity contribution is 5.93. The van der Waals surface area contributed by atoms with E-state index in [1.165, 1.54) is 11.1 Å². The molecule has 0 bridgehead atoms. The molecule has 0 radical (unpaired) electrons. The minimum Gasteiger partial charge on any atom is -0.295 e. The lowest BCUT2D eigenvalue weighted by atomic mass is 10.0. The first-order chi connectivity index (χ1) is 10.0. The van der Waals surface area contributed by atoms with E-state index >= 15 is 0 Å². The molecule has 2 aromatic rings. The fourth-order valence-electron chi connectivity index (χ4n) is 2.03. The van der Waals surface area contributed by atoms with E-state index in [0.29, 0.717) is 5.92 Å². The fraction of sp³-hybridized carbons (Fsp3) is 0.350. The maximum absolute atomic E-state index is 10.9. The lowest BCUT2D eigenvalue weighted by molar-refractivity contribution is 0.101. The van der Waals surface area contributed by atoms with E-state index in [4.69, 9.17) is 0 Å². The largest absolute Gasteiger partial charge is 0.295 e. The van der Waals surface area contributed by atoms with Gasteiger partial charge >= 0.3 is 0 Å². The van der Waals surface area contributed by atoms with E-state index in [1.54, 1.807) is 6.92 Å². The van der Waals surface area contributed by atoms with Crippen molar-refractivity contribution in [3.63, 3.8) is 0 Å². The summed E-state index contributed by atoms with van der Waals surface area (Å²) in [6.07, 6.45) is 2.25. The minimum absolute atomic E-state index is 0.137. The molecule has 0 atom stereocenters. The van der Waals surface area contributed by atoms with Gasteiger partial charge in [-0.3, -0.25) is 4.79 Å². The molecule has 0 saturated carbocycles. The molecule has 0 aliphatic carbocycles. The molecule has 0 aliphatic rings.